The van der Waals surface area contributed by atoms with Crippen molar-refractivity contribution in [2.24, 2.45) is 0 Å². The topological polar surface area (TPSA) is 105 Å². The second kappa shape index (κ2) is 16.4. The van der Waals surface area contributed by atoms with Crippen molar-refractivity contribution in [2.45, 2.75) is 12.8 Å². The van der Waals surface area contributed by atoms with Gasteiger partial charge in [0.1, 0.15) is 21.2 Å². The van der Waals surface area contributed by atoms with Crippen molar-refractivity contribution in [3.63, 3.8) is 0 Å². The standard InChI is InChI=1S/C32H20Cl6O8/c33-19-15-21(35)25(37)27(23(19)29(39)43-13-11-17-7-3-1-4-8-17)45-31(41)32(42)46-28-24(20(34)16-22(36)26(28)38)30(40)44-14-12-18-9-5-2-6-10-18/h1-10,15-16H,11-14H2. The highest BCUT2D eigenvalue weighted by Gasteiger charge is 2.32. The Morgan fingerprint density at radius 1 is 0.500 bits per heavy atom. The summed E-state index contributed by atoms with van der Waals surface area (Å²) in [7, 11) is 0. The van der Waals surface area contributed by atoms with Crippen molar-refractivity contribution in [1.29, 1.82) is 0 Å². The Labute approximate surface area is 292 Å². The molecule has 14 heteroatoms. The fourth-order valence-electron chi connectivity index (χ4n) is 3.94. The van der Waals surface area contributed by atoms with E-state index in [1.165, 1.54) is 0 Å². The van der Waals surface area contributed by atoms with Gasteiger partial charge in [0.05, 0.1) is 33.3 Å². The van der Waals surface area contributed by atoms with Crippen LogP contribution in [0, 0.1) is 0 Å². The largest absolute Gasteiger partial charge is 0.462 e. The van der Waals surface area contributed by atoms with Gasteiger partial charge in [-0.15, -0.1) is 0 Å². The molecular formula is C32H20Cl6O8. The van der Waals surface area contributed by atoms with E-state index >= 15 is 0 Å². The lowest BCUT2D eigenvalue weighted by atomic mass is 10.1. The quantitative estimate of drug-likeness (QED) is 0.0686. The van der Waals surface area contributed by atoms with Crippen LogP contribution in [0.3, 0.4) is 0 Å². The Morgan fingerprint density at radius 2 is 0.848 bits per heavy atom. The first-order valence-corrected chi connectivity index (χ1v) is 15.5. The van der Waals surface area contributed by atoms with E-state index in [-0.39, 0.29) is 33.3 Å². The molecule has 0 heterocycles. The first-order valence-electron chi connectivity index (χ1n) is 13.2. The number of carbonyl (C=O) groups is 4. The lowest BCUT2D eigenvalue weighted by molar-refractivity contribution is -0.156. The second-order valence-corrected chi connectivity index (χ2v) is 11.6. The zero-order valence-electron chi connectivity index (χ0n) is 23.3. The maximum atomic E-state index is 13.0. The Bertz CT molecular complexity index is 1650. The fraction of sp³-hybridized carbons (Fsp3) is 0.125. The minimum Gasteiger partial charge on any atom is -0.462 e. The van der Waals surface area contributed by atoms with E-state index in [2.05, 4.69) is 0 Å². The number of hydrogen-bond donors (Lipinski definition) is 0. The summed E-state index contributed by atoms with van der Waals surface area (Å²) in [5.74, 6) is -6.76. The summed E-state index contributed by atoms with van der Waals surface area (Å²) in [4.78, 5) is 51.8. The highest BCUT2D eigenvalue weighted by atomic mass is 35.5. The number of hydrogen-bond acceptors (Lipinski definition) is 8. The summed E-state index contributed by atoms with van der Waals surface area (Å²) in [6, 6.07) is 20.6. The van der Waals surface area contributed by atoms with Crippen LogP contribution in [-0.2, 0) is 31.9 Å². The molecule has 238 valence electrons. The normalized spacial score (nSPS) is 10.7. The van der Waals surface area contributed by atoms with Crippen LogP contribution in [0.5, 0.6) is 11.5 Å². The molecule has 8 nitrogen and oxygen atoms in total. The molecule has 0 saturated heterocycles. The molecule has 0 amide bonds. The molecule has 0 aliphatic heterocycles. The summed E-state index contributed by atoms with van der Waals surface area (Å²) >= 11 is 37.1. The second-order valence-electron chi connectivity index (χ2n) is 9.24. The van der Waals surface area contributed by atoms with Crippen molar-refractivity contribution in [2.75, 3.05) is 13.2 Å². The van der Waals surface area contributed by atoms with Crippen LogP contribution >= 0.6 is 69.6 Å². The minimum absolute atomic E-state index is 0.0624. The number of carbonyl (C=O) groups excluding carboxylic acids is 4. The molecule has 0 unspecified atom stereocenters. The van der Waals surface area contributed by atoms with Crippen molar-refractivity contribution >= 4 is 93.5 Å². The van der Waals surface area contributed by atoms with E-state index in [1.54, 1.807) is 0 Å². The minimum atomic E-state index is -1.70. The molecule has 0 saturated carbocycles. The van der Waals surface area contributed by atoms with Gasteiger partial charge in [-0.05, 0) is 23.3 Å². The monoisotopic (exact) mass is 742 g/mol. The van der Waals surface area contributed by atoms with Crippen LogP contribution in [0.2, 0.25) is 30.1 Å². The van der Waals surface area contributed by atoms with E-state index in [0.29, 0.717) is 12.8 Å². The Balaban J connectivity index is 1.52. The van der Waals surface area contributed by atoms with Gasteiger partial charge in [0.2, 0.25) is 0 Å². The third kappa shape index (κ3) is 8.85. The third-order valence-corrected chi connectivity index (χ3v) is 8.29. The predicted molar refractivity (Wildman–Crippen MR) is 175 cm³/mol. The molecule has 0 bridgehead atoms. The summed E-state index contributed by atoms with van der Waals surface area (Å²) in [6.07, 6.45) is 0.736. The lowest BCUT2D eigenvalue weighted by Crippen LogP contribution is -2.27. The van der Waals surface area contributed by atoms with E-state index < -0.39 is 56.5 Å². The zero-order chi connectivity index (χ0) is 33.4. The van der Waals surface area contributed by atoms with Gasteiger partial charge in [-0.2, -0.15) is 0 Å². The molecule has 0 atom stereocenters. The molecule has 0 aliphatic rings. The molecule has 46 heavy (non-hydrogen) atoms. The lowest BCUT2D eigenvalue weighted by Gasteiger charge is -2.15. The first kappa shape index (κ1) is 35.4. The molecule has 0 spiro atoms. The summed E-state index contributed by atoms with van der Waals surface area (Å²) in [6.45, 7) is -0.125. The Hall–Kier alpha value is -3.50. The molecular weight excluding hydrogens is 725 g/mol. The van der Waals surface area contributed by atoms with Crippen molar-refractivity contribution < 1.29 is 38.1 Å². The number of esters is 4. The number of benzene rings is 4. The van der Waals surface area contributed by atoms with E-state index in [0.717, 1.165) is 23.3 Å². The van der Waals surface area contributed by atoms with Gasteiger partial charge in [0.25, 0.3) is 0 Å². The molecule has 0 radical (unpaired) electrons. The Kier molecular flexibility index (Phi) is 12.6. The average Bonchev–Trinajstić information content (AvgIpc) is 3.03. The zero-order valence-corrected chi connectivity index (χ0v) is 27.8. The molecule has 0 aromatic heterocycles. The van der Waals surface area contributed by atoms with Crippen LogP contribution in [0.25, 0.3) is 0 Å². The highest BCUT2D eigenvalue weighted by molar-refractivity contribution is 6.47. The van der Waals surface area contributed by atoms with E-state index in [1.807, 2.05) is 60.7 Å². The van der Waals surface area contributed by atoms with Gasteiger partial charge in [-0.1, -0.05) is 130 Å². The summed E-state index contributed by atoms with van der Waals surface area (Å²) in [5, 5.41) is -1.80. The molecule has 4 aromatic carbocycles. The van der Waals surface area contributed by atoms with Crippen LogP contribution in [0.1, 0.15) is 31.8 Å². The van der Waals surface area contributed by atoms with Gasteiger partial charge in [0, 0.05) is 12.8 Å². The van der Waals surface area contributed by atoms with Crippen molar-refractivity contribution in [3.8, 4) is 11.5 Å². The molecule has 4 aromatic rings. The summed E-state index contributed by atoms with van der Waals surface area (Å²) < 4.78 is 20.9. The van der Waals surface area contributed by atoms with Gasteiger partial charge in [-0.25, -0.2) is 19.2 Å². The highest BCUT2D eigenvalue weighted by Crippen LogP contribution is 2.42. The van der Waals surface area contributed by atoms with Gasteiger partial charge in [-0.3, -0.25) is 0 Å². The van der Waals surface area contributed by atoms with Crippen LogP contribution in [-0.4, -0.2) is 37.1 Å². The number of halogens is 6. The summed E-state index contributed by atoms with van der Waals surface area (Å²) in [5.41, 5.74) is 0.835. The molecule has 4 rings (SSSR count). The number of ether oxygens (including phenoxy) is 4. The molecule has 0 fully saturated rings. The first-order chi connectivity index (χ1) is 22.0. The van der Waals surface area contributed by atoms with Crippen LogP contribution in [0.15, 0.2) is 72.8 Å². The van der Waals surface area contributed by atoms with Gasteiger partial charge >= 0.3 is 23.9 Å². The number of rotatable bonds is 10. The smallest absolute Gasteiger partial charge is 0.423 e. The maximum absolute atomic E-state index is 13.0. The van der Waals surface area contributed by atoms with Crippen molar-refractivity contribution in [1.82, 2.24) is 0 Å². The maximum Gasteiger partial charge on any atom is 0.423 e. The Morgan fingerprint density at radius 3 is 1.20 bits per heavy atom. The van der Waals surface area contributed by atoms with Gasteiger partial charge in [0.15, 0.2) is 11.5 Å². The fourth-order valence-corrected chi connectivity index (χ4v) is 5.37. The predicted octanol–water partition coefficient (Wildman–Crippen LogP) is 8.92. The van der Waals surface area contributed by atoms with E-state index in [4.69, 9.17) is 88.6 Å². The van der Waals surface area contributed by atoms with E-state index in [9.17, 15) is 19.2 Å². The SMILES string of the molecule is O=C(Oc1c(Cl)c(Cl)cc(Cl)c1C(=O)OCCc1ccccc1)C(=O)Oc1c(Cl)c(Cl)cc(Cl)c1C(=O)OCCc1ccccc1. The van der Waals surface area contributed by atoms with Crippen LogP contribution in [0.4, 0.5) is 0 Å². The van der Waals surface area contributed by atoms with Gasteiger partial charge < -0.3 is 18.9 Å². The third-order valence-electron chi connectivity index (χ3n) is 6.15. The average molecular weight is 745 g/mol. The van der Waals surface area contributed by atoms with Crippen molar-refractivity contribution in [3.05, 3.63) is 125 Å². The molecule has 0 N–H and O–H groups in total. The molecule has 0 aliphatic carbocycles. The van der Waals surface area contributed by atoms with Crippen LogP contribution < -0.4 is 9.47 Å².